The third-order valence-corrected chi connectivity index (χ3v) is 2.92. The molecule has 20 heavy (non-hydrogen) atoms. The van der Waals surface area contributed by atoms with Gasteiger partial charge in [-0.3, -0.25) is 14.4 Å². The topological polar surface area (TPSA) is 82.9 Å². The molecule has 1 N–H and O–H groups in total. The molecule has 0 aliphatic heterocycles. The molecule has 0 fully saturated rings. The van der Waals surface area contributed by atoms with Gasteiger partial charge in [0.05, 0.1) is 13.1 Å². The highest BCUT2D eigenvalue weighted by Gasteiger charge is 2.16. The number of carbonyl (C=O) groups is 3. The van der Waals surface area contributed by atoms with Gasteiger partial charge < -0.3 is 19.5 Å². The SMILES string of the molecule is CN(C)C(=O)CN(C)C(=O)CNC(=O)c1ccc(Br)o1. The molecule has 0 spiro atoms. The third kappa shape index (κ3) is 4.69. The van der Waals surface area contributed by atoms with Crippen molar-refractivity contribution in [1.29, 1.82) is 0 Å². The van der Waals surface area contributed by atoms with Crippen molar-refractivity contribution in [3.05, 3.63) is 22.6 Å². The first-order valence-electron chi connectivity index (χ1n) is 5.79. The maximum Gasteiger partial charge on any atom is 0.287 e. The van der Waals surface area contributed by atoms with Gasteiger partial charge in [0, 0.05) is 21.1 Å². The Kier molecular flexibility index (Phi) is 5.75. The maximum absolute atomic E-state index is 11.7. The number of halogens is 1. The fourth-order valence-electron chi connectivity index (χ4n) is 1.25. The molecule has 0 bridgehead atoms. The lowest BCUT2D eigenvalue weighted by Crippen LogP contribution is -2.42. The van der Waals surface area contributed by atoms with Crippen molar-refractivity contribution in [2.75, 3.05) is 34.2 Å². The van der Waals surface area contributed by atoms with Gasteiger partial charge in [0.15, 0.2) is 10.4 Å². The summed E-state index contributed by atoms with van der Waals surface area (Å²) >= 11 is 3.08. The molecule has 0 atom stereocenters. The van der Waals surface area contributed by atoms with Crippen LogP contribution in [0.3, 0.4) is 0 Å². The third-order valence-electron chi connectivity index (χ3n) is 2.49. The number of rotatable bonds is 5. The average Bonchev–Trinajstić information content (AvgIpc) is 2.81. The molecule has 1 heterocycles. The molecule has 0 saturated heterocycles. The van der Waals surface area contributed by atoms with Crippen molar-refractivity contribution in [2.24, 2.45) is 0 Å². The standard InChI is InChI=1S/C12H16BrN3O4/c1-15(2)11(18)7-16(3)10(17)6-14-12(19)8-4-5-9(13)20-8/h4-5H,6-7H2,1-3H3,(H,14,19). The molecule has 0 aliphatic rings. The molecular weight excluding hydrogens is 330 g/mol. The monoisotopic (exact) mass is 345 g/mol. The molecule has 0 aromatic carbocycles. The van der Waals surface area contributed by atoms with Crippen molar-refractivity contribution < 1.29 is 18.8 Å². The lowest BCUT2D eigenvalue weighted by Gasteiger charge is -2.19. The molecule has 8 heteroatoms. The van der Waals surface area contributed by atoms with Crippen LogP contribution in [0.2, 0.25) is 0 Å². The van der Waals surface area contributed by atoms with Crippen LogP contribution in [0.1, 0.15) is 10.6 Å². The Hall–Kier alpha value is -1.83. The van der Waals surface area contributed by atoms with Crippen LogP contribution in [0.4, 0.5) is 0 Å². The van der Waals surface area contributed by atoms with E-state index in [1.54, 1.807) is 20.2 Å². The van der Waals surface area contributed by atoms with Gasteiger partial charge in [0.25, 0.3) is 5.91 Å². The first-order chi connectivity index (χ1) is 9.31. The molecule has 110 valence electrons. The molecule has 3 amide bonds. The van der Waals surface area contributed by atoms with E-state index in [-0.39, 0.29) is 30.7 Å². The van der Waals surface area contributed by atoms with Crippen LogP contribution >= 0.6 is 15.9 Å². The van der Waals surface area contributed by atoms with Crippen LogP contribution in [0, 0.1) is 0 Å². The van der Waals surface area contributed by atoms with Crippen LogP contribution in [-0.2, 0) is 9.59 Å². The summed E-state index contributed by atoms with van der Waals surface area (Å²) in [5, 5.41) is 2.43. The fraction of sp³-hybridized carbons (Fsp3) is 0.417. The van der Waals surface area contributed by atoms with E-state index in [0.29, 0.717) is 4.67 Å². The molecular formula is C12H16BrN3O4. The van der Waals surface area contributed by atoms with Gasteiger partial charge in [-0.2, -0.15) is 0 Å². The number of hydrogen-bond acceptors (Lipinski definition) is 4. The second kappa shape index (κ2) is 7.09. The summed E-state index contributed by atoms with van der Waals surface area (Å²) < 4.78 is 5.49. The van der Waals surface area contributed by atoms with Crippen LogP contribution in [0.15, 0.2) is 21.2 Å². The Bertz CT molecular complexity index is 513. The second-order valence-electron chi connectivity index (χ2n) is 4.32. The molecule has 0 radical (unpaired) electrons. The van der Waals surface area contributed by atoms with Gasteiger partial charge in [-0.25, -0.2) is 0 Å². The molecule has 1 aromatic rings. The maximum atomic E-state index is 11.7. The van der Waals surface area contributed by atoms with E-state index in [2.05, 4.69) is 21.2 Å². The summed E-state index contributed by atoms with van der Waals surface area (Å²) in [6.07, 6.45) is 0. The molecule has 1 aromatic heterocycles. The normalized spacial score (nSPS) is 10.0. The molecule has 0 aliphatic carbocycles. The predicted octanol–water partition coefficient (Wildman–Crippen LogP) is 0.319. The lowest BCUT2D eigenvalue weighted by atomic mass is 10.4. The van der Waals surface area contributed by atoms with Crippen LogP contribution in [0.25, 0.3) is 0 Å². The van der Waals surface area contributed by atoms with E-state index in [9.17, 15) is 14.4 Å². The zero-order valence-electron chi connectivity index (χ0n) is 11.5. The Labute approximate surface area is 125 Å². The van der Waals surface area contributed by atoms with Gasteiger partial charge in [-0.1, -0.05) is 0 Å². The van der Waals surface area contributed by atoms with E-state index in [4.69, 9.17) is 4.42 Å². The summed E-state index contributed by atoms with van der Waals surface area (Å²) in [4.78, 5) is 37.5. The van der Waals surface area contributed by atoms with Crippen LogP contribution in [-0.4, -0.2) is 61.8 Å². The number of amides is 3. The van der Waals surface area contributed by atoms with Crippen LogP contribution in [0.5, 0.6) is 0 Å². The summed E-state index contributed by atoms with van der Waals surface area (Å²) in [5.74, 6) is -0.936. The minimum absolute atomic E-state index is 0.0337. The Balaban J connectivity index is 2.43. The summed E-state index contributed by atoms with van der Waals surface area (Å²) in [7, 11) is 4.72. The number of furan rings is 1. The van der Waals surface area contributed by atoms with E-state index in [1.807, 2.05) is 0 Å². The zero-order chi connectivity index (χ0) is 15.3. The number of likely N-dealkylation sites (N-methyl/N-ethyl adjacent to an activating group) is 2. The van der Waals surface area contributed by atoms with Crippen molar-refractivity contribution >= 4 is 33.7 Å². The fourth-order valence-corrected chi connectivity index (χ4v) is 1.55. The molecule has 0 unspecified atom stereocenters. The average molecular weight is 346 g/mol. The largest absolute Gasteiger partial charge is 0.444 e. The number of hydrogen-bond donors (Lipinski definition) is 1. The smallest absolute Gasteiger partial charge is 0.287 e. The minimum atomic E-state index is -0.489. The Morgan fingerprint density at radius 1 is 1.20 bits per heavy atom. The molecule has 1 rings (SSSR count). The van der Waals surface area contributed by atoms with Crippen molar-refractivity contribution in [2.45, 2.75) is 0 Å². The van der Waals surface area contributed by atoms with E-state index in [0.717, 1.165) is 0 Å². The highest BCUT2D eigenvalue weighted by molar-refractivity contribution is 9.10. The zero-order valence-corrected chi connectivity index (χ0v) is 13.1. The lowest BCUT2D eigenvalue weighted by molar-refractivity contribution is -0.137. The van der Waals surface area contributed by atoms with Crippen molar-refractivity contribution in [3.8, 4) is 0 Å². The van der Waals surface area contributed by atoms with Gasteiger partial charge >= 0.3 is 0 Å². The number of nitrogens with zero attached hydrogens (tertiary/aromatic N) is 2. The van der Waals surface area contributed by atoms with Gasteiger partial charge in [0.1, 0.15) is 0 Å². The first kappa shape index (κ1) is 16.2. The van der Waals surface area contributed by atoms with E-state index in [1.165, 1.54) is 22.9 Å². The minimum Gasteiger partial charge on any atom is -0.444 e. The summed E-state index contributed by atoms with van der Waals surface area (Å²) in [6, 6.07) is 3.07. The predicted molar refractivity (Wildman–Crippen MR) is 75.1 cm³/mol. The number of carbonyl (C=O) groups excluding carboxylic acids is 3. The highest BCUT2D eigenvalue weighted by Crippen LogP contribution is 2.13. The quantitative estimate of drug-likeness (QED) is 0.832. The Morgan fingerprint density at radius 3 is 2.35 bits per heavy atom. The van der Waals surface area contributed by atoms with Crippen molar-refractivity contribution in [1.82, 2.24) is 15.1 Å². The van der Waals surface area contributed by atoms with E-state index >= 15 is 0 Å². The van der Waals surface area contributed by atoms with E-state index < -0.39 is 5.91 Å². The second-order valence-corrected chi connectivity index (χ2v) is 5.11. The summed E-state index contributed by atoms with van der Waals surface area (Å²) in [5.41, 5.74) is 0. The molecule has 0 saturated carbocycles. The van der Waals surface area contributed by atoms with Gasteiger partial charge in [0.2, 0.25) is 11.8 Å². The molecule has 7 nitrogen and oxygen atoms in total. The Morgan fingerprint density at radius 2 is 1.85 bits per heavy atom. The van der Waals surface area contributed by atoms with Crippen LogP contribution < -0.4 is 5.32 Å². The van der Waals surface area contributed by atoms with Gasteiger partial charge in [-0.15, -0.1) is 0 Å². The highest BCUT2D eigenvalue weighted by atomic mass is 79.9. The first-order valence-corrected chi connectivity index (χ1v) is 6.58. The van der Waals surface area contributed by atoms with Gasteiger partial charge in [-0.05, 0) is 28.1 Å². The number of nitrogens with one attached hydrogen (secondary N) is 1. The van der Waals surface area contributed by atoms with Crippen molar-refractivity contribution in [3.63, 3.8) is 0 Å². The summed E-state index contributed by atoms with van der Waals surface area (Å²) in [6.45, 7) is -0.234.